The van der Waals surface area contributed by atoms with E-state index < -0.39 is 16.1 Å². The Morgan fingerprint density at radius 3 is 2.65 bits per heavy atom. The normalized spacial score (nSPS) is 13.1. The minimum atomic E-state index is -3.44. The van der Waals surface area contributed by atoms with Gasteiger partial charge < -0.3 is 5.11 Å². The van der Waals surface area contributed by atoms with Crippen molar-refractivity contribution in [1.29, 1.82) is 0 Å². The quantitative estimate of drug-likeness (QED) is 0.820. The standard InChI is InChI=1S/C12H16N4O3S/c1-10(17)12-9-16(15-13-12)7-8-20(18,19)14-11-5-3-2-4-6-11/h2-6,9-10,14,17H,7-8H2,1H3. The van der Waals surface area contributed by atoms with Crippen molar-refractivity contribution in [3.05, 3.63) is 42.2 Å². The third kappa shape index (κ3) is 4.04. The predicted octanol–water partition coefficient (Wildman–Crippen LogP) is 0.773. The molecule has 1 aromatic carbocycles. The topological polar surface area (TPSA) is 97.1 Å². The molecule has 0 aliphatic heterocycles. The maximum atomic E-state index is 11.9. The number of aromatic nitrogens is 3. The van der Waals surface area contributed by atoms with Gasteiger partial charge in [-0.15, -0.1) is 5.10 Å². The summed E-state index contributed by atoms with van der Waals surface area (Å²) in [4.78, 5) is 0. The Hall–Kier alpha value is -1.93. The van der Waals surface area contributed by atoms with Crippen molar-refractivity contribution in [2.45, 2.75) is 19.6 Å². The minimum absolute atomic E-state index is 0.121. The van der Waals surface area contributed by atoms with Crippen LogP contribution in [0.25, 0.3) is 0 Å². The number of hydrogen-bond donors (Lipinski definition) is 2. The van der Waals surface area contributed by atoms with E-state index in [0.717, 1.165) is 0 Å². The Morgan fingerprint density at radius 2 is 2.05 bits per heavy atom. The van der Waals surface area contributed by atoms with Gasteiger partial charge in [0, 0.05) is 5.69 Å². The highest BCUT2D eigenvalue weighted by molar-refractivity contribution is 7.92. The van der Waals surface area contributed by atoms with Gasteiger partial charge >= 0.3 is 0 Å². The summed E-state index contributed by atoms with van der Waals surface area (Å²) < 4.78 is 27.7. The molecule has 1 aromatic heterocycles. The number of aryl methyl sites for hydroxylation is 1. The highest BCUT2D eigenvalue weighted by atomic mass is 32.2. The molecule has 0 radical (unpaired) electrons. The van der Waals surface area contributed by atoms with E-state index in [2.05, 4.69) is 15.0 Å². The lowest BCUT2D eigenvalue weighted by molar-refractivity contribution is 0.194. The van der Waals surface area contributed by atoms with Gasteiger partial charge in [-0.3, -0.25) is 9.40 Å². The van der Waals surface area contributed by atoms with Crippen LogP contribution in [0.3, 0.4) is 0 Å². The highest BCUT2D eigenvalue weighted by Gasteiger charge is 2.12. The number of nitrogens with one attached hydrogen (secondary N) is 1. The Balaban J connectivity index is 1.95. The van der Waals surface area contributed by atoms with Gasteiger partial charge in [0.2, 0.25) is 10.0 Å². The smallest absolute Gasteiger partial charge is 0.234 e. The first-order valence-corrected chi connectivity index (χ1v) is 7.75. The van der Waals surface area contributed by atoms with Crippen LogP contribution in [-0.2, 0) is 16.6 Å². The fourth-order valence-electron chi connectivity index (χ4n) is 1.56. The molecule has 0 aliphatic rings. The number of benzene rings is 1. The van der Waals surface area contributed by atoms with Gasteiger partial charge in [-0.05, 0) is 19.1 Å². The van der Waals surface area contributed by atoms with Crippen molar-refractivity contribution in [2.24, 2.45) is 0 Å². The first-order valence-electron chi connectivity index (χ1n) is 6.10. The maximum absolute atomic E-state index is 11.9. The summed E-state index contributed by atoms with van der Waals surface area (Å²) in [6, 6.07) is 8.68. The minimum Gasteiger partial charge on any atom is -0.387 e. The van der Waals surface area contributed by atoms with Crippen molar-refractivity contribution >= 4 is 15.7 Å². The second kappa shape index (κ2) is 6.02. The summed E-state index contributed by atoms with van der Waals surface area (Å²) in [6.07, 6.45) is 0.811. The Bertz CT molecular complexity index is 652. The number of rotatable bonds is 6. The third-order valence-electron chi connectivity index (χ3n) is 2.62. The van der Waals surface area contributed by atoms with Crippen LogP contribution in [0.4, 0.5) is 5.69 Å². The number of hydrogen-bond acceptors (Lipinski definition) is 5. The zero-order valence-corrected chi connectivity index (χ0v) is 11.8. The van der Waals surface area contributed by atoms with E-state index in [0.29, 0.717) is 11.4 Å². The molecule has 0 saturated carbocycles. The van der Waals surface area contributed by atoms with Crippen molar-refractivity contribution in [1.82, 2.24) is 15.0 Å². The lowest BCUT2D eigenvalue weighted by Gasteiger charge is -2.07. The van der Waals surface area contributed by atoms with Gasteiger partial charge in [-0.25, -0.2) is 8.42 Å². The van der Waals surface area contributed by atoms with Gasteiger partial charge in [-0.1, -0.05) is 23.4 Å². The van der Waals surface area contributed by atoms with Crippen LogP contribution in [0.1, 0.15) is 18.7 Å². The van der Waals surface area contributed by atoms with Gasteiger partial charge in [0.25, 0.3) is 0 Å². The molecule has 1 unspecified atom stereocenters. The lowest BCUT2D eigenvalue weighted by Crippen LogP contribution is -2.20. The maximum Gasteiger partial charge on any atom is 0.234 e. The fraction of sp³-hybridized carbons (Fsp3) is 0.333. The molecule has 8 heteroatoms. The zero-order chi connectivity index (χ0) is 14.6. The van der Waals surface area contributed by atoms with E-state index in [1.165, 1.54) is 10.9 Å². The van der Waals surface area contributed by atoms with E-state index >= 15 is 0 Å². The molecule has 0 bridgehead atoms. The van der Waals surface area contributed by atoms with Crippen LogP contribution in [-0.4, -0.2) is 34.3 Å². The van der Waals surface area contributed by atoms with Crippen molar-refractivity contribution in [3.8, 4) is 0 Å². The predicted molar refractivity (Wildman–Crippen MR) is 74.5 cm³/mol. The summed E-state index contributed by atoms with van der Waals surface area (Å²) in [5.41, 5.74) is 0.939. The van der Waals surface area contributed by atoms with Crippen LogP contribution in [0.5, 0.6) is 0 Å². The SMILES string of the molecule is CC(O)c1cn(CCS(=O)(=O)Nc2ccccc2)nn1. The molecule has 108 valence electrons. The number of sulfonamides is 1. The summed E-state index contributed by atoms with van der Waals surface area (Å²) in [5, 5.41) is 16.8. The molecule has 2 rings (SSSR count). The molecule has 2 N–H and O–H groups in total. The average molecular weight is 296 g/mol. The molecule has 0 aliphatic carbocycles. The summed E-state index contributed by atoms with van der Waals surface area (Å²) in [5.74, 6) is -0.121. The highest BCUT2D eigenvalue weighted by Crippen LogP contribution is 2.09. The van der Waals surface area contributed by atoms with E-state index in [4.69, 9.17) is 0 Å². The van der Waals surface area contributed by atoms with Crippen molar-refractivity contribution in [2.75, 3.05) is 10.5 Å². The zero-order valence-electron chi connectivity index (χ0n) is 11.0. The molecule has 2 aromatic rings. The third-order valence-corrected chi connectivity index (χ3v) is 3.89. The van der Waals surface area contributed by atoms with Gasteiger partial charge in [-0.2, -0.15) is 0 Å². The Morgan fingerprint density at radius 1 is 1.35 bits per heavy atom. The number of nitrogens with zero attached hydrogens (tertiary/aromatic N) is 3. The second-order valence-electron chi connectivity index (χ2n) is 4.37. The van der Waals surface area contributed by atoms with Crippen LogP contribution < -0.4 is 4.72 Å². The molecule has 0 saturated heterocycles. The second-order valence-corrected chi connectivity index (χ2v) is 6.21. The molecule has 20 heavy (non-hydrogen) atoms. The first kappa shape index (κ1) is 14.5. The largest absolute Gasteiger partial charge is 0.387 e. The van der Waals surface area contributed by atoms with Crippen molar-refractivity contribution < 1.29 is 13.5 Å². The molecule has 0 fully saturated rings. The van der Waals surface area contributed by atoms with E-state index in [9.17, 15) is 13.5 Å². The Labute approximate surface area is 117 Å². The monoisotopic (exact) mass is 296 g/mol. The van der Waals surface area contributed by atoms with Crippen molar-refractivity contribution in [3.63, 3.8) is 0 Å². The molecule has 7 nitrogen and oxygen atoms in total. The van der Waals surface area contributed by atoms with E-state index in [-0.39, 0.29) is 12.3 Å². The lowest BCUT2D eigenvalue weighted by atomic mass is 10.3. The molecular weight excluding hydrogens is 280 g/mol. The average Bonchev–Trinajstić information content (AvgIpc) is 2.86. The van der Waals surface area contributed by atoms with E-state index in [1.54, 1.807) is 31.2 Å². The van der Waals surface area contributed by atoms with Crippen LogP contribution in [0.15, 0.2) is 36.5 Å². The van der Waals surface area contributed by atoms with E-state index in [1.807, 2.05) is 6.07 Å². The number of aliphatic hydroxyl groups excluding tert-OH is 1. The van der Waals surface area contributed by atoms with Crippen LogP contribution >= 0.6 is 0 Å². The van der Waals surface area contributed by atoms with Crippen LogP contribution in [0, 0.1) is 0 Å². The first-order chi connectivity index (χ1) is 9.46. The van der Waals surface area contributed by atoms with Crippen LogP contribution in [0.2, 0.25) is 0 Å². The van der Waals surface area contributed by atoms with Gasteiger partial charge in [0.15, 0.2) is 0 Å². The number of para-hydroxylation sites is 1. The molecule has 1 atom stereocenters. The molecular formula is C12H16N4O3S. The number of aliphatic hydroxyl groups is 1. The fourth-order valence-corrected chi connectivity index (χ4v) is 2.59. The molecule has 1 heterocycles. The molecule has 0 spiro atoms. The summed E-state index contributed by atoms with van der Waals surface area (Å²) in [7, 11) is -3.44. The van der Waals surface area contributed by atoms with Gasteiger partial charge in [0.1, 0.15) is 5.69 Å². The van der Waals surface area contributed by atoms with Gasteiger partial charge in [0.05, 0.1) is 24.6 Å². The Kier molecular flexibility index (Phi) is 4.35. The summed E-state index contributed by atoms with van der Waals surface area (Å²) >= 11 is 0. The molecule has 0 amide bonds. The summed E-state index contributed by atoms with van der Waals surface area (Å²) in [6.45, 7) is 1.74. The number of anilines is 1.